The minimum Gasteiger partial charge on any atom is -0.455 e. The Hall–Kier alpha value is -6.84. The number of benzene rings is 8. The fraction of sp³-hybridized carbons (Fsp3) is 0.0204. The minimum atomic E-state index is -0.594. The van der Waals surface area contributed by atoms with Crippen molar-refractivity contribution in [2.75, 3.05) is 0 Å². The monoisotopic (exact) mass is 662 g/mol. The first-order chi connectivity index (χ1) is 25.8. The molecule has 0 amide bonds. The van der Waals surface area contributed by atoms with E-state index in [0.717, 1.165) is 72.2 Å². The van der Waals surface area contributed by atoms with Crippen LogP contribution in [0.25, 0.3) is 66.6 Å². The van der Waals surface area contributed by atoms with E-state index in [2.05, 4.69) is 170 Å². The lowest BCUT2D eigenvalue weighted by atomic mass is 9.65. The molecular formula is C49H30N2O. The van der Waals surface area contributed by atoms with Crippen LogP contribution in [0.3, 0.4) is 0 Å². The van der Waals surface area contributed by atoms with Crippen LogP contribution in [-0.2, 0) is 5.41 Å². The molecule has 11 rings (SSSR count). The molecule has 0 N–H and O–H groups in total. The topological polar surface area (TPSA) is 35.0 Å². The quantitative estimate of drug-likeness (QED) is 0.189. The molecule has 0 unspecified atom stereocenters. The molecule has 0 radical (unpaired) electrons. The van der Waals surface area contributed by atoms with Crippen molar-refractivity contribution in [1.29, 1.82) is 0 Å². The van der Waals surface area contributed by atoms with Crippen LogP contribution < -0.4 is 4.74 Å². The van der Waals surface area contributed by atoms with E-state index < -0.39 is 5.41 Å². The van der Waals surface area contributed by atoms with E-state index in [9.17, 15) is 0 Å². The summed E-state index contributed by atoms with van der Waals surface area (Å²) in [5.41, 5.74) is 11.5. The van der Waals surface area contributed by atoms with Crippen LogP contribution in [0, 0.1) is 0 Å². The maximum absolute atomic E-state index is 7.10. The Morgan fingerprint density at radius 1 is 0.365 bits per heavy atom. The van der Waals surface area contributed by atoms with Crippen LogP contribution in [-0.4, -0.2) is 9.97 Å². The van der Waals surface area contributed by atoms with E-state index in [4.69, 9.17) is 14.7 Å². The molecule has 242 valence electrons. The number of aromatic nitrogens is 2. The van der Waals surface area contributed by atoms with E-state index in [1.807, 2.05) is 12.1 Å². The first-order valence-electron chi connectivity index (χ1n) is 17.7. The molecule has 3 nitrogen and oxygen atoms in total. The Labute approximate surface area is 301 Å². The van der Waals surface area contributed by atoms with Gasteiger partial charge in [-0.05, 0) is 45.2 Å². The molecule has 9 aromatic rings. The predicted octanol–water partition coefficient (Wildman–Crippen LogP) is 12.3. The van der Waals surface area contributed by atoms with Crippen molar-refractivity contribution in [3.8, 4) is 56.5 Å². The van der Waals surface area contributed by atoms with Gasteiger partial charge in [-0.15, -0.1) is 0 Å². The average molecular weight is 663 g/mol. The lowest BCUT2D eigenvalue weighted by Crippen LogP contribution is -2.32. The van der Waals surface area contributed by atoms with E-state index in [0.29, 0.717) is 5.82 Å². The lowest BCUT2D eigenvalue weighted by Gasteiger charge is -2.40. The number of fused-ring (bicyclic) bond motifs is 13. The Morgan fingerprint density at radius 2 is 0.865 bits per heavy atom. The first kappa shape index (κ1) is 28.9. The second-order valence-electron chi connectivity index (χ2n) is 13.7. The highest BCUT2D eigenvalue weighted by molar-refractivity contribution is 6.00. The summed E-state index contributed by atoms with van der Waals surface area (Å²) < 4.78 is 7.10. The number of hydrogen-bond acceptors (Lipinski definition) is 3. The van der Waals surface area contributed by atoms with Gasteiger partial charge in [0.05, 0.1) is 16.8 Å². The van der Waals surface area contributed by atoms with Gasteiger partial charge in [-0.2, -0.15) is 0 Å². The van der Waals surface area contributed by atoms with E-state index in [1.54, 1.807) is 0 Å². The van der Waals surface area contributed by atoms with Gasteiger partial charge in [0, 0.05) is 38.6 Å². The van der Waals surface area contributed by atoms with Crippen LogP contribution in [0.4, 0.5) is 0 Å². The number of rotatable bonds is 3. The molecule has 0 atom stereocenters. The van der Waals surface area contributed by atoms with Gasteiger partial charge in [0.15, 0.2) is 5.82 Å². The molecule has 0 saturated heterocycles. The maximum Gasteiger partial charge on any atom is 0.160 e. The van der Waals surface area contributed by atoms with Crippen molar-refractivity contribution in [1.82, 2.24) is 9.97 Å². The summed E-state index contributed by atoms with van der Waals surface area (Å²) in [5.74, 6) is 2.53. The number of nitrogens with zero attached hydrogens (tertiary/aromatic N) is 2. The van der Waals surface area contributed by atoms with Gasteiger partial charge in [0.1, 0.15) is 11.5 Å². The van der Waals surface area contributed by atoms with Crippen LogP contribution >= 0.6 is 0 Å². The summed E-state index contributed by atoms with van der Waals surface area (Å²) in [7, 11) is 0. The summed E-state index contributed by atoms with van der Waals surface area (Å²) in [6.07, 6.45) is 0. The van der Waals surface area contributed by atoms with Gasteiger partial charge < -0.3 is 4.74 Å². The predicted molar refractivity (Wildman–Crippen MR) is 211 cm³/mol. The van der Waals surface area contributed by atoms with E-state index in [1.165, 1.54) is 22.3 Å². The van der Waals surface area contributed by atoms with Gasteiger partial charge in [0.2, 0.25) is 0 Å². The zero-order chi connectivity index (χ0) is 34.2. The fourth-order valence-corrected chi connectivity index (χ4v) is 8.64. The third kappa shape index (κ3) is 4.08. The molecule has 2 heterocycles. The van der Waals surface area contributed by atoms with Crippen LogP contribution in [0.2, 0.25) is 0 Å². The van der Waals surface area contributed by atoms with Crippen molar-refractivity contribution >= 4 is 21.5 Å². The minimum absolute atomic E-state index is 0.594. The zero-order valence-electron chi connectivity index (χ0n) is 28.1. The molecule has 2 aliphatic rings. The normalized spacial score (nSPS) is 13.3. The van der Waals surface area contributed by atoms with E-state index in [-0.39, 0.29) is 0 Å². The molecule has 3 heteroatoms. The lowest BCUT2D eigenvalue weighted by molar-refractivity contribution is 0.447. The average Bonchev–Trinajstić information content (AvgIpc) is 3.51. The Morgan fingerprint density at radius 3 is 1.48 bits per heavy atom. The van der Waals surface area contributed by atoms with Gasteiger partial charge >= 0.3 is 0 Å². The molecule has 52 heavy (non-hydrogen) atoms. The maximum atomic E-state index is 7.10. The molecule has 0 saturated carbocycles. The molecule has 1 aromatic heterocycles. The van der Waals surface area contributed by atoms with Crippen LogP contribution in [0.5, 0.6) is 11.5 Å². The van der Waals surface area contributed by atoms with Crippen molar-refractivity contribution in [3.05, 3.63) is 204 Å². The Balaban J connectivity index is 1.20. The van der Waals surface area contributed by atoms with Crippen molar-refractivity contribution < 1.29 is 4.74 Å². The van der Waals surface area contributed by atoms with Crippen molar-refractivity contribution in [3.63, 3.8) is 0 Å². The highest BCUT2D eigenvalue weighted by Gasteiger charge is 2.51. The summed E-state index contributed by atoms with van der Waals surface area (Å²) in [5, 5.41) is 4.54. The molecule has 0 fully saturated rings. The summed E-state index contributed by atoms with van der Waals surface area (Å²) in [4.78, 5) is 10.4. The van der Waals surface area contributed by atoms with Gasteiger partial charge in [-0.25, -0.2) is 9.97 Å². The largest absolute Gasteiger partial charge is 0.455 e. The van der Waals surface area contributed by atoms with Crippen molar-refractivity contribution in [2.45, 2.75) is 5.41 Å². The standard InChI is InChI=1S/C49H30N2O/c1-3-15-33(16-4-1)44-30-45(34-17-5-2-6-18-34)51-48(50-44)35-25-26-41-39(29-35)38-21-11-12-22-40(38)49(41)42-27-23-31-13-7-9-19-36(31)46(42)52-47-37-20-10-8-14-32(37)24-28-43(47)49/h1-30H. The number of ether oxygens (including phenoxy) is 1. The van der Waals surface area contributed by atoms with Gasteiger partial charge in [-0.1, -0.05) is 170 Å². The molecule has 1 aliphatic heterocycles. The second kappa shape index (κ2) is 11.1. The zero-order valence-corrected chi connectivity index (χ0v) is 28.1. The summed E-state index contributed by atoms with van der Waals surface area (Å²) >= 11 is 0. The summed E-state index contributed by atoms with van der Waals surface area (Å²) in [6, 6.07) is 64.7. The Kier molecular flexibility index (Phi) is 6.17. The Bertz CT molecular complexity index is 2740. The molecule has 1 spiro atoms. The first-order valence-corrected chi connectivity index (χ1v) is 17.7. The highest BCUT2D eigenvalue weighted by atomic mass is 16.5. The van der Waals surface area contributed by atoms with Gasteiger partial charge in [0.25, 0.3) is 0 Å². The highest BCUT2D eigenvalue weighted by Crippen LogP contribution is 2.64. The summed E-state index contributed by atoms with van der Waals surface area (Å²) in [6.45, 7) is 0. The molecular weight excluding hydrogens is 633 g/mol. The fourth-order valence-electron chi connectivity index (χ4n) is 8.64. The molecule has 0 bridgehead atoms. The molecule has 1 aliphatic carbocycles. The SMILES string of the molecule is c1ccc(-c2cc(-c3ccccc3)nc(-c3ccc4c(c3)-c3ccccc3C43c4ccc5ccccc5c4Oc4c3ccc3ccccc43)n2)cc1. The second-order valence-corrected chi connectivity index (χ2v) is 13.7. The van der Waals surface area contributed by atoms with Crippen LogP contribution in [0.1, 0.15) is 22.3 Å². The van der Waals surface area contributed by atoms with Crippen LogP contribution in [0.15, 0.2) is 182 Å². The smallest absolute Gasteiger partial charge is 0.160 e. The van der Waals surface area contributed by atoms with E-state index >= 15 is 0 Å². The van der Waals surface area contributed by atoms with Gasteiger partial charge in [-0.3, -0.25) is 0 Å². The molecule has 8 aromatic carbocycles. The third-order valence-electron chi connectivity index (χ3n) is 10.9. The van der Waals surface area contributed by atoms with Crippen molar-refractivity contribution in [2.24, 2.45) is 0 Å². The number of hydrogen-bond donors (Lipinski definition) is 0. The third-order valence-corrected chi connectivity index (χ3v) is 10.9.